The van der Waals surface area contributed by atoms with E-state index >= 15 is 0 Å². The Hall–Kier alpha value is -1.99. The molecule has 1 saturated heterocycles. The predicted molar refractivity (Wildman–Crippen MR) is 111 cm³/mol. The number of hydrogen-bond donors (Lipinski definition) is 3. The Morgan fingerprint density at radius 3 is 2.22 bits per heavy atom. The minimum Gasteiger partial charge on any atom is -0.491 e. The Morgan fingerprint density at radius 1 is 1.04 bits per heavy atom. The van der Waals surface area contributed by atoms with Crippen LogP contribution in [0.4, 0.5) is 0 Å². The summed E-state index contributed by atoms with van der Waals surface area (Å²) < 4.78 is 11.3. The standard InChI is InChI=1S/C21H26N2O3S/c22-10-9-16-1-5-19(6-2-16)25-13-18(24)14-26-20-7-3-17(4-8-20)11-21-12-23-15-27-21/h1-8,11,18,23-24H,9-10,12-15,22H2. The molecule has 0 bridgehead atoms. The summed E-state index contributed by atoms with van der Waals surface area (Å²) in [5.41, 5.74) is 7.86. The highest BCUT2D eigenvalue weighted by Gasteiger charge is 2.08. The van der Waals surface area contributed by atoms with Crippen LogP contribution >= 0.6 is 11.8 Å². The van der Waals surface area contributed by atoms with E-state index in [1.807, 2.05) is 60.3 Å². The number of ether oxygens (including phenoxy) is 2. The summed E-state index contributed by atoms with van der Waals surface area (Å²) in [6.45, 7) is 1.94. The van der Waals surface area contributed by atoms with Crippen molar-refractivity contribution in [3.8, 4) is 11.5 Å². The molecule has 0 amide bonds. The van der Waals surface area contributed by atoms with E-state index in [1.165, 1.54) is 10.5 Å². The van der Waals surface area contributed by atoms with E-state index in [0.29, 0.717) is 6.54 Å². The van der Waals surface area contributed by atoms with Crippen molar-refractivity contribution in [3.05, 3.63) is 64.6 Å². The first kappa shape index (κ1) is 19.8. The van der Waals surface area contributed by atoms with Gasteiger partial charge in [0.15, 0.2) is 0 Å². The highest BCUT2D eigenvalue weighted by atomic mass is 32.2. The minimum absolute atomic E-state index is 0.185. The lowest BCUT2D eigenvalue weighted by Gasteiger charge is -2.14. The molecular formula is C21H26N2O3S. The molecule has 0 spiro atoms. The van der Waals surface area contributed by atoms with Gasteiger partial charge in [-0.25, -0.2) is 0 Å². The van der Waals surface area contributed by atoms with E-state index in [2.05, 4.69) is 11.4 Å². The largest absolute Gasteiger partial charge is 0.491 e. The number of aliphatic hydroxyl groups is 1. The van der Waals surface area contributed by atoms with Crippen molar-refractivity contribution in [2.24, 2.45) is 5.73 Å². The van der Waals surface area contributed by atoms with Gasteiger partial charge < -0.3 is 25.6 Å². The zero-order chi connectivity index (χ0) is 18.9. The molecular weight excluding hydrogens is 360 g/mol. The van der Waals surface area contributed by atoms with Gasteiger partial charge in [-0.3, -0.25) is 0 Å². The molecule has 1 aliphatic heterocycles. The number of rotatable bonds is 9. The highest BCUT2D eigenvalue weighted by molar-refractivity contribution is 8.03. The van der Waals surface area contributed by atoms with E-state index in [1.54, 1.807) is 0 Å². The van der Waals surface area contributed by atoms with Gasteiger partial charge in [-0.05, 0) is 54.4 Å². The van der Waals surface area contributed by atoms with Crippen molar-refractivity contribution in [2.75, 3.05) is 32.2 Å². The topological polar surface area (TPSA) is 76.7 Å². The van der Waals surface area contributed by atoms with Crippen LogP contribution in [0.15, 0.2) is 53.4 Å². The molecule has 6 heteroatoms. The first-order valence-corrected chi connectivity index (χ1v) is 10.1. The number of thioether (sulfide) groups is 1. The van der Waals surface area contributed by atoms with E-state index < -0.39 is 6.10 Å². The van der Waals surface area contributed by atoms with Gasteiger partial charge in [-0.1, -0.05) is 24.3 Å². The summed E-state index contributed by atoms with van der Waals surface area (Å²) in [6, 6.07) is 15.6. The van der Waals surface area contributed by atoms with Crippen molar-refractivity contribution in [1.82, 2.24) is 5.32 Å². The Kier molecular flexibility index (Phi) is 7.59. The summed E-state index contributed by atoms with van der Waals surface area (Å²) in [7, 11) is 0. The fraction of sp³-hybridized carbons (Fsp3) is 0.333. The molecule has 2 aromatic carbocycles. The SMILES string of the molecule is NCCc1ccc(OCC(O)COc2ccc(C=C3CNCS3)cc2)cc1. The fourth-order valence-electron chi connectivity index (χ4n) is 2.66. The lowest BCUT2D eigenvalue weighted by atomic mass is 10.1. The Labute approximate surface area is 164 Å². The lowest BCUT2D eigenvalue weighted by Crippen LogP contribution is -2.25. The summed E-state index contributed by atoms with van der Waals surface area (Å²) in [5.74, 6) is 2.44. The van der Waals surface area contributed by atoms with E-state index in [0.717, 1.165) is 35.9 Å². The van der Waals surface area contributed by atoms with Gasteiger partial charge in [-0.15, -0.1) is 11.8 Å². The molecule has 1 fully saturated rings. The van der Waals surface area contributed by atoms with Crippen molar-refractivity contribution in [2.45, 2.75) is 12.5 Å². The van der Waals surface area contributed by atoms with Crippen LogP contribution in [0.1, 0.15) is 11.1 Å². The molecule has 1 atom stereocenters. The molecule has 1 unspecified atom stereocenters. The maximum Gasteiger partial charge on any atom is 0.122 e. The molecule has 27 heavy (non-hydrogen) atoms. The van der Waals surface area contributed by atoms with Crippen LogP contribution in [-0.2, 0) is 6.42 Å². The molecule has 2 aromatic rings. The number of benzene rings is 2. The van der Waals surface area contributed by atoms with Crippen LogP contribution in [-0.4, -0.2) is 43.4 Å². The number of nitrogens with two attached hydrogens (primary N) is 1. The molecule has 0 radical (unpaired) electrons. The van der Waals surface area contributed by atoms with Gasteiger partial charge in [0.25, 0.3) is 0 Å². The van der Waals surface area contributed by atoms with Crippen molar-refractivity contribution in [3.63, 3.8) is 0 Å². The van der Waals surface area contributed by atoms with Crippen LogP contribution in [0.25, 0.3) is 6.08 Å². The van der Waals surface area contributed by atoms with Gasteiger partial charge in [-0.2, -0.15) is 0 Å². The van der Waals surface area contributed by atoms with Gasteiger partial charge >= 0.3 is 0 Å². The zero-order valence-corrected chi connectivity index (χ0v) is 16.1. The second-order valence-corrected chi connectivity index (χ2v) is 7.46. The minimum atomic E-state index is -0.698. The van der Waals surface area contributed by atoms with Crippen molar-refractivity contribution >= 4 is 17.8 Å². The van der Waals surface area contributed by atoms with Crippen LogP contribution in [0.3, 0.4) is 0 Å². The number of nitrogens with one attached hydrogen (secondary N) is 1. The first-order chi connectivity index (χ1) is 13.2. The highest BCUT2D eigenvalue weighted by Crippen LogP contribution is 2.23. The average molecular weight is 387 g/mol. The van der Waals surface area contributed by atoms with Gasteiger partial charge in [0, 0.05) is 17.3 Å². The third-order valence-corrected chi connectivity index (χ3v) is 5.09. The average Bonchev–Trinajstić information content (AvgIpc) is 3.20. The second-order valence-electron chi connectivity index (χ2n) is 6.35. The van der Waals surface area contributed by atoms with Crippen LogP contribution in [0.2, 0.25) is 0 Å². The van der Waals surface area contributed by atoms with Gasteiger partial charge in [0.05, 0.1) is 0 Å². The summed E-state index contributed by atoms with van der Waals surface area (Å²) >= 11 is 1.83. The van der Waals surface area contributed by atoms with Gasteiger partial charge in [0.1, 0.15) is 30.8 Å². The first-order valence-electron chi connectivity index (χ1n) is 9.10. The van der Waals surface area contributed by atoms with Crippen LogP contribution in [0.5, 0.6) is 11.5 Å². The zero-order valence-electron chi connectivity index (χ0n) is 15.3. The van der Waals surface area contributed by atoms with E-state index in [4.69, 9.17) is 15.2 Å². The van der Waals surface area contributed by atoms with E-state index in [-0.39, 0.29) is 13.2 Å². The van der Waals surface area contributed by atoms with Crippen molar-refractivity contribution in [1.29, 1.82) is 0 Å². The molecule has 0 saturated carbocycles. The predicted octanol–water partition coefficient (Wildman–Crippen LogP) is 2.64. The smallest absolute Gasteiger partial charge is 0.122 e. The van der Waals surface area contributed by atoms with Gasteiger partial charge in [0.2, 0.25) is 0 Å². The van der Waals surface area contributed by atoms with E-state index in [9.17, 15) is 5.11 Å². The molecule has 1 aliphatic rings. The normalized spacial score (nSPS) is 16.4. The molecule has 3 rings (SSSR count). The third kappa shape index (κ3) is 6.59. The molecule has 144 valence electrons. The van der Waals surface area contributed by atoms with Crippen LogP contribution < -0.4 is 20.5 Å². The summed E-state index contributed by atoms with van der Waals surface area (Å²) in [4.78, 5) is 1.34. The Morgan fingerprint density at radius 2 is 1.67 bits per heavy atom. The Balaban J connectivity index is 1.40. The summed E-state index contributed by atoms with van der Waals surface area (Å²) in [5, 5.41) is 13.4. The van der Waals surface area contributed by atoms with Crippen LogP contribution in [0, 0.1) is 0 Å². The number of hydrogen-bond acceptors (Lipinski definition) is 6. The molecule has 1 heterocycles. The number of aliphatic hydroxyl groups excluding tert-OH is 1. The third-order valence-electron chi connectivity index (χ3n) is 4.11. The molecule has 0 aliphatic carbocycles. The second kappa shape index (κ2) is 10.4. The quantitative estimate of drug-likeness (QED) is 0.615. The fourth-order valence-corrected chi connectivity index (χ4v) is 3.47. The maximum absolute atomic E-state index is 10.1. The lowest BCUT2D eigenvalue weighted by molar-refractivity contribution is 0.0626. The molecule has 4 N–H and O–H groups in total. The van der Waals surface area contributed by atoms with Crippen molar-refractivity contribution < 1.29 is 14.6 Å². The summed E-state index contributed by atoms with van der Waals surface area (Å²) in [6.07, 6.45) is 2.33. The molecule has 0 aromatic heterocycles. The molecule has 5 nitrogen and oxygen atoms in total. The maximum atomic E-state index is 10.1. The monoisotopic (exact) mass is 386 g/mol. The Bertz CT molecular complexity index is 724.